The van der Waals surface area contributed by atoms with E-state index in [2.05, 4.69) is 12.4 Å². The zero-order valence-corrected chi connectivity index (χ0v) is 8.59. The summed E-state index contributed by atoms with van der Waals surface area (Å²) in [6.45, 7) is 1.97. The zero-order chi connectivity index (χ0) is 9.10. The van der Waals surface area contributed by atoms with Gasteiger partial charge in [0.25, 0.3) is 0 Å². The Morgan fingerprint density at radius 1 is 1.15 bits per heavy atom. The lowest BCUT2D eigenvalue weighted by Crippen LogP contribution is -2.39. The molecule has 0 aromatic heterocycles. The molecule has 13 heavy (non-hydrogen) atoms. The average Bonchev–Trinajstić information content (AvgIpc) is 2.76. The standard InChI is InChI=1S/C11H21NO/c1-12-11(9-4-2-3-5-9)10-6-7-13-8-10/h9-12H,2-8H2,1H3. The fourth-order valence-corrected chi connectivity index (χ4v) is 3.01. The highest BCUT2D eigenvalue weighted by Gasteiger charge is 2.32. The molecular weight excluding hydrogens is 162 g/mol. The van der Waals surface area contributed by atoms with Crippen molar-refractivity contribution in [3.05, 3.63) is 0 Å². The Hall–Kier alpha value is -0.0800. The first-order valence-electron chi connectivity index (χ1n) is 5.67. The molecule has 2 unspecified atom stereocenters. The van der Waals surface area contributed by atoms with E-state index in [1.165, 1.54) is 32.1 Å². The quantitative estimate of drug-likeness (QED) is 0.720. The highest BCUT2D eigenvalue weighted by Crippen LogP contribution is 2.33. The third-order valence-electron chi connectivity index (χ3n) is 3.71. The van der Waals surface area contributed by atoms with E-state index in [0.717, 1.165) is 31.1 Å². The van der Waals surface area contributed by atoms with Crippen LogP contribution >= 0.6 is 0 Å². The third-order valence-corrected chi connectivity index (χ3v) is 3.71. The molecule has 76 valence electrons. The predicted octanol–water partition coefficient (Wildman–Crippen LogP) is 1.80. The Labute approximate surface area is 81.0 Å². The van der Waals surface area contributed by atoms with Crippen molar-refractivity contribution in [3.63, 3.8) is 0 Å². The summed E-state index contributed by atoms with van der Waals surface area (Å²) in [5.74, 6) is 1.71. The molecule has 1 saturated carbocycles. The van der Waals surface area contributed by atoms with E-state index >= 15 is 0 Å². The summed E-state index contributed by atoms with van der Waals surface area (Å²) in [4.78, 5) is 0. The van der Waals surface area contributed by atoms with E-state index in [1.807, 2.05) is 0 Å². The maximum atomic E-state index is 5.46. The Kier molecular flexibility index (Phi) is 3.23. The molecule has 0 spiro atoms. The van der Waals surface area contributed by atoms with E-state index in [4.69, 9.17) is 4.74 Å². The Morgan fingerprint density at radius 2 is 1.92 bits per heavy atom. The lowest BCUT2D eigenvalue weighted by molar-refractivity contribution is 0.167. The molecular formula is C11H21NO. The van der Waals surface area contributed by atoms with Gasteiger partial charge in [-0.3, -0.25) is 0 Å². The van der Waals surface area contributed by atoms with Gasteiger partial charge in [0.15, 0.2) is 0 Å². The van der Waals surface area contributed by atoms with Gasteiger partial charge in [0, 0.05) is 18.6 Å². The van der Waals surface area contributed by atoms with Gasteiger partial charge in [-0.15, -0.1) is 0 Å². The summed E-state index contributed by atoms with van der Waals surface area (Å²) >= 11 is 0. The van der Waals surface area contributed by atoms with Crippen LogP contribution in [0.4, 0.5) is 0 Å². The average molecular weight is 183 g/mol. The summed E-state index contributed by atoms with van der Waals surface area (Å²) < 4.78 is 5.46. The molecule has 2 aliphatic rings. The maximum absolute atomic E-state index is 5.46. The molecule has 2 heteroatoms. The number of hydrogen-bond donors (Lipinski definition) is 1. The van der Waals surface area contributed by atoms with Gasteiger partial charge in [-0.2, -0.15) is 0 Å². The Balaban J connectivity index is 1.90. The van der Waals surface area contributed by atoms with Gasteiger partial charge in [-0.25, -0.2) is 0 Å². The molecule has 0 aromatic carbocycles. The van der Waals surface area contributed by atoms with Crippen LogP contribution in [0.2, 0.25) is 0 Å². The van der Waals surface area contributed by atoms with E-state index in [0.29, 0.717) is 0 Å². The molecule has 2 rings (SSSR count). The smallest absolute Gasteiger partial charge is 0.0510 e. The summed E-state index contributed by atoms with van der Waals surface area (Å²) in [6.07, 6.45) is 7.01. The highest BCUT2D eigenvalue weighted by molar-refractivity contribution is 4.86. The topological polar surface area (TPSA) is 21.3 Å². The van der Waals surface area contributed by atoms with E-state index < -0.39 is 0 Å². The Bertz CT molecular complexity index is 132. The van der Waals surface area contributed by atoms with Crippen molar-refractivity contribution in [1.29, 1.82) is 0 Å². The molecule has 0 bridgehead atoms. The third kappa shape index (κ3) is 2.05. The first-order valence-corrected chi connectivity index (χ1v) is 5.67. The lowest BCUT2D eigenvalue weighted by atomic mass is 9.87. The molecule has 2 atom stereocenters. The van der Waals surface area contributed by atoms with Crippen LogP contribution in [0, 0.1) is 11.8 Å². The molecule has 1 saturated heterocycles. The number of nitrogens with one attached hydrogen (secondary N) is 1. The summed E-state index contributed by atoms with van der Waals surface area (Å²) in [6, 6.07) is 0.727. The van der Waals surface area contributed by atoms with Crippen molar-refractivity contribution in [1.82, 2.24) is 5.32 Å². The molecule has 0 aromatic rings. The van der Waals surface area contributed by atoms with Gasteiger partial charge in [0.2, 0.25) is 0 Å². The Morgan fingerprint density at radius 3 is 2.46 bits per heavy atom. The van der Waals surface area contributed by atoms with E-state index in [9.17, 15) is 0 Å². The molecule has 0 radical (unpaired) electrons. The van der Waals surface area contributed by atoms with Crippen molar-refractivity contribution in [3.8, 4) is 0 Å². The summed E-state index contributed by atoms with van der Waals surface area (Å²) in [7, 11) is 2.11. The fourth-order valence-electron chi connectivity index (χ4n) is 3.01. The van der Waals surface area contributed by atoms with Crippen LogP contribution in [-0.4, -0.2) is 26.3 Å². The maximum Gasteiger partial charge on any atom is 0.0510 e. The van der Waals surface area contributed by atoms with Crippen LogP contribution in [0.1, 0.15) is 32.1 Å². The van der Waals surface area contributed by atoms with Crippen molar-refractivity contribution in [2.75, 3.05) is 20.3 Å². The van der Waals surface area contributed by atoms with Crippen LogP contribution in [0.25, 0.3) is 0 Å². The second-order valence-electron chi connectivity index (χ2n) is 4.48. The van der Waals surface area contributed by atoms with Crippen LogP contribution in [-0.2, 0) is 4.74 Å². The molecule has 1 N–H and O–H groups in total. The van der Waals surface area contributed by atoms with E-state index in [-0.39, 0.29) is 0 Å². The van der Waals surface area contributed by atoms with Gasteiger partial charge in [0.05, 0.1) is 6.61 Å². The first kappa shape index (κ1) is 9.47. The van der Waals surface area contributed by atoms with Crippen LogP contribution in [0.5, 0.6) is 0 Å². The lowest BCUT2D eigenvalue weighted by Gasteiger charge is -2.27. The molecule has 2 nitrogen and oxygen atoms in total. The van der Waals surface area contributed by atoms with E-state index in [1.54, 1.807) is 0 Å². The predicted molar refractivity (Wildman–Crippen MR) is 53.7 cm³/mol. The first-order chi connectivity index (χ1) is 6.42. The summed E-state index contributed by atoms with van der Waals surface area (Å²) in [5.41, 5.74) is 0. The van der Waals surface area contributed by atoms with Crippen LogP contribution in [0.3, 0.4) is 0 Å². The highest BCUT2D eigenvalue weighted by atomic mass is 16.5. The monoisotopic (exact) mass is 183 g/mol. The minimum Gasteiger partial charge on any atom is -0.381 e. The summed E-state index contributed by atoms with van der Waals surface area (Å²) in [5, 5.41) is 3.51. The van der Waals surface area contributed by atoms with Crippen molar-refractivity contribution < 1.29 is 4.74 Å². The molecule has 1 aliphatic heterocycles. The van der Waals surface area contributed by atoms with Crippen molar-refractivity contribution in [2.24, 2.45) is 11.8 Å². The second-order valence-corrected chi connectivity index (χ2v) is 4.48. The van der Waals surface area contributed by atoms with Gasteiger partial charge in [-0.1, -0.05) is 12.8 Å². The largest absolute Gasteiger partial charge is 0.381 e. The SMILES string of the molecule is CNC(C1CCCC1)C1CCOC1. The van der Waals surface area contributed by atoms with Gasteiger partial charge in [0.1, 0.15) is 0 Å². The normalized spacial score (nSPS) is 32.5. The van der Waals surface area contributed by atoms with Gasteiger partial charge in [-0.05, 0) is 32.2 Å². The van der Waals surface area contributed by atoms with Crippen molar-refractivity contribution >= 4 is 0 Å². The zero-order valence-electron chi connectivity index (χ0n) is 8.59. The van der Waals surface area contributed by atoms with Crippen LogP contribution in [0.15, 0.2) is 0 Å². The minimum absolute atomic E-state index is 0.727. The minimum atomic E-state index is 0.727. The second kappa shape index (κ2) is 4.43. The van der Waals surface area contributed by atoms with Crippen LogP contribution < -0.4 is 5.32 Å². The molecule has 2 fully saturated rings. The fraction of sp³-hybridized carbons (Fsp3) is 1.00. The van der Waals surface area contributed by atoms with Crippen molar-refractivity contribution in [2.45, 2.75) is 38.1 Å². The number of rotatable bonds is 3. The number of ether oxygens (including phenoxy) is 1. The molecule has 1 heterocycles. The molecule has 1 aliphatic carbocycles. The van der Waals surface area contributed by atoms with Gasteiger partial charge < -0.3 is 10.1 Å². The number of hydrogen-bond acceptors (Lipinski definition) is 2. The van der Waals surface area contributed by atoms with Gasteiger partial charge >= 0.3 is 0 Å². The molecule has 0 amide bonds.